The summed E-state index contributed by atoms with van der Waals surface area (Å²) in [5, 5.41) is 19.0. The summed E-state index contributed by atoms with van der Waals surface area (Å²) in [7, 11) is 0. The Morgan fingerprint density at radius 1 is 1.00 bits per heavy atom. The number of aromatic nitrogens is 4. The minimum absolute atomic E-state index is 0.833. The molecule has 0 bridgehead atoms. The van der Waals surface area contributed by atoms with Crippen LogP contribution in [0, 0.1) is 13.8 Å². The average molecular weight is 244 g/mol. The second kappa shape index (κ2) is 4.33. The first kappa shape index (κ1) is 10.0. The lowest BCUT2D eigenvalue weighted by Crippen LogP contribution is -1.78. The van der Waals surface area contributed by atoms with Crippen molar-refractivity contribution in [3.8, 4) is 0 Å². The number of rotatable bonds is 3. The molecule has 74 valence electrons. The minimum atomic E-state index is 0.833. The zero-order valence-electron chi connectivity index (χ0n) is 7.72. The Kier molecular flexibility index (Phi) is 3.09. The molecule has 0 radical (unpaired) electrons. The van der Waals surface area contributed by atoms with Crippen LogP contribution in [0.3, 0.4) is 0 Å². The lowest BCUT2D eigenvalue weighted by molar-refractivity contribution is 0.980. The molecule has 0 amide bonds. The van der Waals surface area contributed by atoms with Crippen molar-refractivity contribution in [3.05, 3.63) is 15.0 Å². The molecule has 0 aliphatic carbocycles. The third kappa shape index (κ3) is 2.49. The van der Waals surface area contributed by atoms with Crippen LogP contribution in [-0.2, 0) is 5.75 Å². The van der Waals surface area contributed by atoms with E-state index in [0.717, 1.165) is 25.1 Å². The standard InChI is InChI=1S/C7H8N4S3/c1-4-8-10-6(13-4)3-12-7-11-9-5(2)14-7/h3H2,1-2H3. The maximum absolute atomic E-state index is 4.04. The molecule has 2 rings (SSSR count). The van der Waals surface area contributed by atoms with Crippen LogP contribution >= 0.6 is 34.4 Å². The van der Waals surface area contributed by atoms with Crippen LogP contribution in [0.15, 0.2) is 4.34 Å². The number of hydrogen-bond acceptors (Lipinski definition) is 7. The van der Waals surface area contributed by atoms with Gasteiger partial charge in [-0.05, 0) is 13.8 Å². The lowest BCUT2D eigenvalue weighted by Gasteiger charge is -1.89. The fourth-order valence-corrected chi connectivity index (χ4v) is 3.37. The molecular weight excluding hydrogens is 236 g/mol. The Morgan fingerprint density at radius 2 is 1.71 bits per heavy atom. The molecule has 2 aromatic heterocycles. The first-order chi connectivity index (χ1) is 6.74. The molecule has 0 aromatic carbocycles. The van der Waals surface area contributed by atoms with Crippen LogP contribution in [0.5, 0.6) is 0 Å². The van der Waals surface area contributed by atoms with Gasteiger partial charge in [-0.25, -0.2) is 0 Å². The average Bonchev–Trinajstić information content (AvgIpc) is 2.72. The summed E-state index contributed by atoms with van der Waals surface area (Å²) in [6, 6.07) is 0. The lowest BCUT2D eigenvalue weighted by atomic mass is 10.8. The molecule has 0 saturated heterocycles. The van der Waals surface area contributed by atoms with Gasteiger partial charge in [-0.1, -0.05) is 23.1 Å². The monoisotopic (exact) mass is 244 g/mol. The fraction of sp³-hybridized carbons (Fsp3) is 0.429. The van der Waals surface area contributed by atoms with Gasteiger partial charge in [0.2, 0.25) is 0 Å². The number of hydrogen-bond donors (Lipinski definition) is 0. The molecule has 0 unspecified atom stereocenters. The topological polar surface area (TPSA) is 51.6 Å². The maximum Gasteiger partial charge on any atom is 0.174 e. The summed E-state index contributed by atoms with van der Waals surface area (Å²) in [5.74, 6) is 0.833. The smallest absolute Gasteiger partial charge is 0.144 e. The van der Waals surface area contributed by atoms with Gasteiger partial charge in [-0.3, -0.25) is 0 Å². The van der Waals surface area contributed by atoms with Crippen LogP contribution in [0.25, 0.3) is 0 Å². The van der Waals surface area contributed by atoms with E-state index < -0.39 is 0 Å². The van der Waals surface area contributed by atoms with Crippen molar-refractivity contribution in [2.24, 2.45) is 0 Å². The first-order valence-corrected chi connectivity index (χ1v) is 6.58. The molecule has 0 aliphatic heterocycles. The van der Waals surface area contributed by atoms with Crippen molar-refractivity contribution in [2.45, 2.75) is 23.9 Å². The van der Waals surface area contributed by atoms with Crippen molar-refractivity contribution in [3.63, 3.8) is 0 Å². The van der Waals surface area contributed by atoms with Gasteiger partial charge in [-0.15, -0.1) is 31.7 Å². The molecule has 0 aliphatic rings. The van der Waals surface area contributed by atoms with E-state index in [9.17, 15) is 0 Å². The number of thioether (sulfide) groups is 1. The molecule has 0 fully saturated rings. The van der Waals surface area contributed by atoms with E-state index in [2.05, 4.69) is 20.4 Å². The van der Waals surface area contributed by atoms with E-state index in [0.29, 0.717) is 0 Å². The highest BCUT2D eigenvalue weighted by Crippen LogP contribution is 2.26. The van der Waals surface area contributed by atoms with Gasteiger partial charge in [0.1, 0.15) is 15.0 Å². The van der Waals surface area contributed by atoms with Crippen molar-refractivity contribution < 1.29 is 0 Å². The summed E-state index contributed by atoms with van der Waals surface area (Å²) < 4.78 is 0.996. The second-order valence-corrected chi connectivity index (χ2v) is 6.26. The van der Waals surface area contributed by atoms with Crippen LogP contribution in [0.4, 0.5) is 0 Å². The van der Waals surface area contributed by atoms with Crippen molar-refractivity contribution in [2.75, 3.05) is 0 Å². The molecular formula is C7H8N4S3. The summed E-state index contributed by atoms with van der Waals surface area (Å²) in [6.07, 6.45) is 0. The second-order valence-electron chi connectivity index (χ2n) is 2.59. The van der Waals surface area contributed by atoms with E-state index in [1.165, 1.54) is 0 Å². The Balaban J connectivity index is 1.94. The Morgan fingerprint density at radius 3 is 2.29 bits per heavy atom. The van der Waals surface area contributed by atoms with E-state index in [1.54, 1.807) is 34.4 Å². The third-order valence-electron chi connectivity index (χ3n) is 1.39. The van der Waals surface area contributed by atoms with E-state index in [1.807, 2.05) is 13.8 Å². The molecule has 4 nitrogen and oxygen atoms in total. The minimum Gasteiger partial charge on any atom is -0.144 e. The summed E-state index contributed by atoms with van der Waals surface area (Å²) >= 11 is 4.90. The SMILES string of the molecule is Cc1nnc(CSc2nnc(C)s2)s1. The van der Waals surface area contributed by atoms with E-state index >= 15 is 0 Å². The third-order valence-corrected chi connectivity index (χ3v) is 4.40. The van der Waals surface area contributed by atoms with Crippen molar-refractivity contribution in [1.82, 2.24) is 20.4 Å². The van der Waals surface area contributed by atoms with Gasteiger partial charge in [0.05, 0.1) is 5.75 Å². The molecule has 14 heavy (non-hydrogen) atoms. The molecule has 7 heteroatoms. The zero-order valence-corrected chi connectivity index (χ0v) is 10.2. The van der Waals surface area contributed by atoms with Crippen LogP contribution in [0.2, 0.25) is 0 Å². The highest BCUT2D eigenvalue weighted by atomic mass is 32.2. The Labute approximate surface area is 93.8 Å². The summed E-state index contributed by atoms with van der Waals surface area (Å²) in [6.45, 7) is 3.91. The predicted molar refractivity (Wildman–Crippen MR) is 58.9 cm³/mol. The van der Waals surface area contributed by atoms with Gasteiger partial charge in [0.25, 0.3) is 0 Å². The summed E-state index contributed by atoms with van der Waals surface area (Å²) in [5.41, 5.74) is 0. The summed E-state index contributed by atoms with van der Waals surface area (Å²) in [4.78, 5) is 0. The molecule has 0 spiro atoms. The molecule has 0 atom stereocenters. The molecule has 2 heterocycles. The normalized spacial score (nSPS) is 10.7. The maximum atomic E-state index is 4.04. The number of nitrogens with zero attached hydrogens (tertiary/aromatic N) is 4. The highest BCUT2D eigenvalue weighted by molar-refractivity contribution is 8.00. The quantitative estimate of drug-likeness (QED) is 0.775. The Bertz CT molecular complexity index is 382. The molecule has 0 saturated carbocycles. The van der Waals surface area contributed by atoms with Gasteiger partial charge < -0.3 is 0 Å². The molecule has 0 N–H and O–H groups in total. The van der Waals surface area contributed by atoms with Crippen LogP contribution in [0.1, 0.15) is 15.0 Å². The van der Waals surface area contributed by atoms with Gasteiger partial charge in [-0.2, -0.15) is 0 Å². The van der Waals surface area contributed by atoms with Crippen LogP contribution < -0.4 is 0 Å². The predicted octanol–water partition coefficient (Wildman–Crippen LogP) is 2.30. The van der Waals surface area contributed by atoms with Gasteiger partial charge in [0, 0.05) is 0 Å². The highest BCUT2D eigenvalue weighted by Gasteiger charge is 2.04. The van der Waals surface area contributed by atoms with Gasteiger partial charge in [0.15, 0.2) is 4.34 Å². The molecule has 2 aromatic rings. The largest absolute Gasteiger partial charge is 0.174 e. The van der Waals surface area contributed by atoms with Gasteiger partial charge >= 0.3 is 0 Å². The van der Waals surface area contributed by atoms with Crippen molar-refractivity contribution in [1.29, 1.82) is 0 Å². The van der Waals surface area contributed by atoms with Crippen molar-refractivity contribution >= 4 is 34.4 Å². The van der Waals surface area contributed by atoms with E-state index in [4.69, 9.17) is 0 Å². The Hall–Kier alpha value is -0.530. The zero-order chi connectivity index (χ0) is 9.97. The van der Waals surface area contributed by atoms with Crippen LogP contribution in [-0.4, -0.2) is 20.4 Å². The first-order valence-electron chi connectivity index (χ1n) is 3.96. The number of aryl methyl sites for hydroxylation is 2. The fourth-order valence-electron chi connectivity index (χ4n) is 0.856. The van der Waals surface area contributed by atoms with E-state index in [-0.39, 0.29) is 0 Å².